The van der Waals surface area contributed by atoms with Crippen LogP contribution in [0.25, 0.3) is 0 Å². The third kappa shape index (κ3) is 4.49. The van der Waals surface area contributed by atoms with E-state index < -0.39 is 16.0 Å². The van der Waals surface area contributed by atoms with Gasteiger partial charge in [-0.25, -0.2) is 23.2 Å². The summed E-state index contributed by atoms with van der Waals surface area (Å²) in [6.45, 7) is 0. The van der Waals surface area contributed by atoms with Crippen molar-refractivity contribution in [1.82, 2.24) is 9.97 Å². The van der Waals surface area contributed by atoms with Crippen molar-refractivity contribution in [3.8, 4) is 0 Å². The van der Waals surface area contributed by atoms with Gasteiger partial charge in [-0.2, -0.15) is 0 Å². The van der Waals surface area contributed by atoms with Crippen molar-refractivity contribution in [3.63, 3.8) is 0 Å². The minimum absolute atomic E-state index is 0.178. The maximum absolute atomic E-state index is 12.4. The quantitative estimate of drug-likeness (QED) is 0.683. The highest BCUT2D eigenvalue weighted by Gasteiger charge is 2.21. The van der Waals surface area contributed by atoms with E-state index in [1.54, 1.807) is 18.2 Å². The first-order chi connectivity index (χ1) is 10.8. The predicted octanol–water partition coefficient (Wildman–Crippen LogP) is 2.73. The summed E-state index contributed by atoms with van der Waals surface area (Å²) >= 11 is 6.62. The van der Waals surface area contributed by atoms with Crippen LogP contribution in [0.4, 0.5) is 5.82 Å². The SMILES string of the molecule is COC(=O)c1nccnc1NS(=O)(=O)Cc1c(Br)cccc1Br. The Morgan fingerprint density at radius 2 is 1.83 bits per heavy atom. The lowest BCUT2D eigenvalue weighted by molar-refractivity contribution is 0.0595. The van der Waals surface area contributed by atoms with Crippen molar-refractivity contribution >= 4 is 53.7 Å². The van der Waals surface area contributed by atoms with Crippen molar-refractivity contribution in [3.05, 3.63) is 50.8 Å². The summed E-state index contributed by atoms with van der Waals surface area (Å²) in [6.07, 6.45) is 2.55. The molecule has 0 saturated heterocycles. The number of carbonyl (C=O) groups is 1. The molecule has 1 aromatic heterocycles. The summed E-state index contributed by atoms with van der Waals surface area (Å²) in [4.78, 5) is 19.2. The molecule has 2 rings (SSSR count). The number of nitrogens with zero attached hydrogens (tertiary/aromatic N) is 2. The maximum Gasteiger partial charge on any atom is 0.360 e. The van der Waals surface area contributed by atoms with Gasteiger partial charge >= 0.3 is 5.97 Å². The summed E-state index contributed by atoms with van der Waals surface area (Å²) in [6, 6.07) is 5.24. The van der Waals surface area contributed by atoms with E-state index in [9.17, 15) is 13.2 Å². The zero-order valence-electron chi connectivity index (χ0n) is 11.8. The van der Waals surface area contributed by atoms with E-state index >= 15 is 0 Å². The van der Waals surface area contributed by atoms with Gasteiger partial charge in [0.15, 0.2) is 11.5 Å². The lowest BCUT2D eigenvalue weighted by atomic mass is 10.2. The first-order valence-electron chi connectivity index (χ1n) is 6.17. The molecule has 0 bridgehead atoms. The van der Waals surface area contributed by atoms with Crippen LogP contribution < -0.4 is 4.72 Å². The average molecular weight is 465 g/mol. The number of esters is 1. The molecule has 0 spiro atoms. The molecule has 10 heteroatoms. The summed E-state index contributed by atoms with van der Waals surface area (Å²) < 4.78 is 32.8. The molecule has 0 aliphatic rings. The number of benzene rings is 1. The first-order valence-corrected chi connectivity index (χ1v) is 9.40. The molecule has 0 atom stereocenters. The molecule has 0 radical (unpaired) electrons. The van der Waals surface area contributed by atoms with Gasteiger partial charge in [-0.1, -0.05) is 37.9 Å². The Bertz CT molecular complexity index is 823. The fourth-order valence-corrected chi connectivity index (χ4v) is 4.56. The maximum atomic E-state index is 12.4. The van der Waals surface area contributed by atoms with Crippen molar-refractivity contribution < 1.29 is 17.9 Å². The average Bonchev–Trinajstić information content (AvgIpc) is 2.50. The van der Waals surface area contributed by atoms with Crippen LogP contribution in [0, 0.1) is 0 Å². The van der Waals surface area contributed by atoms with E-state index in [1.165, 1.54) is 19.5 Å². The Labute approximate surface area is 149 Å². The van der Waals surface area contributed by atoms with Gasteiger partial charge in [-0.05, 0) is 17.7 Å². The van der Waals surface area contributed by atoms with E-state index in [-0.39, 0.29) is 17.3 Å². The monoisotopic (exact) mass is 463 g/mol. The molecule has 0 amide bonds. The molecule has 23 heavy (non-hydrogen) atoms. The zero-order valence-corrected chi connectivity index (χ0v) is 15.8. The smallest absolute Gasteiger partial charge is 0.360 e. The Morgan fingerprint density at radius 1 is 1.22 bits per heavy atom. The van der Waals surface area contributed by atoms with Crippen LogP contribution >= 0.6 is 31.9 Å². The van der Waals surface area contributed by atoms with Gasteiger partial charge < -0.3 is 4.74 Å². The van der Waals surface area contributed by atoms with Crippen LogP contribution in [-0.4, -0.2) is 31.5 Å². The van der Waals surface area contributed by atoms with Crippen molar-refractivity contribution in [1.29, 1.82) is 0 Å². The van der Waals surface area contributed by atoms with Gasteiger partial charge in [-0.3, -0.25) is 4.72 Å². The fraction of sp³-hybridized carbons (Fsp3) is 0.154. The van der Waals surface area contributed by atoms with Crippen LogP contribution in [0.15, 0.2) is 39.5 Å². The Balaban J connectivity index is 2.31. The highest BCUT2D eigenvalue weighted by atomic mass is 79.9. The minimum atomic E-state index is -3.82. The van der Waals surface area contributed by atoms with Crippen LogP contribution in [0.5, 0.6) is 0 Å². The number of sulfonamides is 1. The predicted molar refractivity (Wildman–Crippen MR) is 91.5 cm³/mol. The molecule has 122 valence electrons. The zero-order chi connectivity index (χ0) is 17.0. The van der Waals surface area contributed by atoms with Gasteiger partial charge in [0, 0.05) is 21.3 Å². The third-order valence-electron chi connectivity index (χ3n) is 2.73. The molecule has 2 aromatic rings. The summed E-state index contributed by atoms with van der Waals surface area (Å²) in [7, 11) is -2.64. The largest absolute Gasteiger partial charge is 0.464 e. The summed E-state index contributed by atoms with van der Waals surface area (Å²) in [5.74, 6) is -1.27. The molecule has 0 aliphatic heterocycles. The highest BCUT2D eigenvalue weighted by molar-refractivity contribution is 9.11. The van der Waals surface area contributed by atoms with Crippen LogP contribution in [-0.2, 0) is 20.5 Å². The molecular weight excluding hydrogens is 454 g/mol. The van der Waals surface area contributed by atoms with Gasteiger partial charge in [0.25, 0.3) is 0 Å². The summed E-state index contributed by atoms with van der Waals surface area (Å²) in [5.41, 5.74) is 0.341. The van der Waals surface area contributed by atoms with Crippen LogP contribution in [0.1, 0.15) is 16.1 Å². The minimum Gasteiger partial charge on any atom is -0.464 e. The van der Waals surface area contributed by atoms with E-state index in [0.717, 1.165) is 0 Å². The van der Waals surface area contributed by atoms with E-state index in [2.05, 4.69) is 51.3 Å². The van der Waals surface area contributed by atoms with Gasteiger partial charge in [0.1, 0.15) is 0 Å². The number of ether oxygens (including phenoxy) is 1. The Kier molecular flexibility index (Phi) is 5.71. The van der Waals surface area contributed by atoms with Gasteiger partial charge in [-0.15, -0.1) is 0 Å². The van der Waals surface area contributed by atoms with E-state index in [0.29, 0.717) is 14.5 Å². The highest BCUT2D eigenvalue weighted by Crippen LogP contribution is 2.27. The standard InChI is InChI=1S/C13H11Br2N3O4S/c1-22-13(19)11-12(17-6-5-16-11)18-23(20,21)7-8-9(14)3-2-4-10(8)15/h2-6H,7H2,1H3,(H,17,18). The number of methoxy groups -OCH3 is 1. The molecule has 1 N–H and O–H groups in total. The number of rotatable bonds is 5. The molecule has 7 nitrogen and oxygen atoms in total. The second-order valence-corrected chi connectivity index (χ2v) is 7.74. The molecule has 0 aliphatic carbocycles. The molecule has 1 aromatic carbocycles. The first kappa shape index (κ1) is 17.8. The van der Waals surface area contributed by atoms with E-state index in [1.807, 2.05) is 0 Å². The number of carbonyl (C=O) groups excluding carboxylic acids is 1. The lowest BCUT2D eigenvalue weighted by Gasteiger charge is -2.11. The van der Waals surface area contributed by atoms with Crippen molar-refractivity contribution in [2.75, 3.05) is 11.8 Å². The number of halogens is 2. The lowest BCUT2D eigenvalue weighted by Crippen LogP contribution is -2.20. The second kappa shape index (κ2) is 7.37. The Hall–Kier alpha value is -1.52. The number of hydrogen-bond acceptors (Lipinski definition) is 6. The molecule has 0 saturated carbocycles. The second-order valence-electron chi connectivity index (χ2n) is 4.31. The molecule has 0 unspecified atom stereocenters. The number of hydrogen-bond donors (Lipinski definition) is 1. The van der Waals surface area contributed by atoms with Gasteiger partial charge in [0.05, 0.1) is 12.9 Å². The van der Waals surface area contributed by atoms with Crippen molar-refractivity contribution in [2.24, 2.45) is 0 Å². The normalized spacial score (nSPS) is 11.1. The van der Waals surface area contributed by atoms with Crippen molar-refractivity contribution in [2.45, 2.75) is 5.75 Å². The molecular formula is C13H11Br2N3O4S. The summed E-state index contributed by atoms with van der Waals surface area (Å²) in [5, 5.41) is 0. The van der Waals surface area contributed by atoms with Crippen LogP contribution in [0.2, 0.25) is 0 Å². The van der Waals surface area contributed by atoms with Gasteiger partial charge in [0.2, 0.25) is 10.0 Å². The number of anilines is 1. The third-order valence-corrected chi connectivity index (χ3v) is 5.38. The Morgan fingerprint density at radius 3 is 2.43 bits per heavy atom. The molecule has 1 heterocycles. The molecule has 0 fully saturated rings. The van der Waals surface area contributed by atoms with E-state index in [4.69, 9.17) is 0 Å². The number of nitrogens with one attached hydrogen (secondary N) is 1. The fourth-order valence-electron chi connectivity index (χ4n) is 1.70. The number of aromatic nitrogens is 2. The van der Waals surface area contributed by atoms with Crippen LogP contribution in [0.3, 0.4) is 0 Å². The topological polar surface area (TPSA) is 98.2 Å².